The van der Waals surface area contributed by atoms with Crippen molar-refractivity contribution in [1.82, 2.24) is 15.6 Å². The molecule has 0 spiro atoms. The van der Waals surface area contributed by atoms with Crippen molar-refractivity contribution in [3.8, 4) is 0 Å². The van der Waals surface area contributed by atoms with Gasteiger partial charge in [-0.05, 0) is 13.8 Å². The van der Waals surface area contributed by atoms with E-state index in [1.807, 2.05) is 20.8 Å². The van der Waals surface area contributed by atoms with Gasteiger partial charge in [-0.1, -0.05) is 13.8 Å². The number of nitrogens with one attached hydrogen (secondary N) is 2. The Balaban J connectivity index is 2.21. The summed E-state index contributed by atoms with van der Waals surface area (Å²) in [7, 11) is 0. The summed E-state index contributed by atoms with van der Waals surface area (Å²) in [5.41, 5.74) is 1.07. The number of nitrogens with zero attached hydrogens (tertiary/aromatic N) is 1. The number of aryl methyl sites for hydroxylation is 1. The molecule has 17 heavy (non-hydrogen) atoms. The number of hydrogen-bond acceptors (Lipinski definition) is 4. The topological polar surface area (TPSA) is 54.0 Å². The molecule has 1 heterocycles. The first-order valence-corrected chi connectivity index (χ1v) is 6.81. The van der Waals surface area contributed by atoms with Gasteiger partial charge in [-0.25, -0.2) is 4.98 Å². The van der Waals surface area contributed by atoms with Gasteiger partial charge in [-0.15, -0.1) is 11.3 Å². The summed E-state index contributed by atoms with van der Waals surface area (Å²) in [6.07, 6.45) is 0. The number of thiazole rings is 1. The molecule has 0 radical (unpaired) electrons. The fourth-order valence-electron chi connectivity index (χ4n) is 1.36. The maximum Gasteiger partial charge on any atom is 0.222 e. The molecule has 1 amide bonds. The lowest BCUT2D eigenvalue weighted by atomic mass is 10.2. The average molecular weight is 255 g/mol. The summed E-state index contributed by atoms with van der Waals surface area (Å²) in [6.45, 7) is 9.29. The smallest absolute Gasteiger partial charge is 0.222 e. The molecule has 1 aromatic heterocycles. The van der Waals surface area contributed by atoms with Crippen LogP contribution in [0.25, 0.3) is 0 Å². The van der Waals surface area contributed by atoms with E-state index in [1.54, 1.807) is 11.3 Å². The van der Waals surface area contributed by atoms with Crippen molar-refractivity contribution in [2.75, 3.05) is 13.1 Å². The van der Waals surface area contributed by atoms with Gasteiger partial charge < -0.3 is 10.6 Å². The minimum Gasteiger partial charge on any atom is -0.355 e. The van der Waals surface area contributed by atoms with Gasteiger partial charge in [0.15, 0.2) is 0 Å². The van der Waals surface area contributed by atoms with Gasteiger partial charge in [0.1, 0.15) is 0 Å². The summed E-state index contributed by atoms with van der Waals surface area (Å²) < 4.78 is 0. The fourth-order valence-corrected chi connectivity index (χ4v) is 2.07. The molecule has 1 aromatic rings. The SMILES string of the molecule is Cc1nc(C(C)NCCNC(=O)C(C)C)cs1. The molecule has 0 saturated heterocycles. The van der Waals surface area contributed by atoms with Crippen molar-refractivity contribution in [3.05, 3.63) is 16.1 Å². The second-order valence-corrected chi connectivity index (χ2v) is 5.48. The second-order valence-electron chi connectivity index (χ2n) is 4.41. The van der Waals surface area contributed by atoms with Crippen molar-refractivity contribution in [2.24, 2.45) is 5.92 Å². The van der Waals surface area contributed by atoms with Gasteiger partial charge >= 0.3 is 0 Å². The van der Waals surface area contributed by atoms with Crippen LogP contribution in [0.3, 0.4) is 0 Å². The summed E-state index contributed by atoms with van der Waals surface area (Å²) in [6, 6.07) is 0.232. The van der Waals surface area contributed by atoms with Gasteiger partial charge in [0, 0.05) is 30.4 Å². The van der Waals surface area contributed by atoms with Gasteiger partial charge in [-0.2, -0.15) is 0 Å². The number of rotatable bonds is 6. The lowest BCUT2D eigenvalue weighted by molar-refractivity contribution is -0.123. The maximum absolute atomic E-state index is 11.3. The Hall–Kier alpha value is -0.940. The van der Waals surface area contributed by atoms with Crippen LogP contribution in [-0.4, -0.2) is 24.0 Å². The molecule has 1 rings (SSSR count). The molecular weight excluding hydrogens is 234 g/mol. The predicted octanol–water partition coefficient (Wildman–Crippen LogP) is 1.87. The Bertz CT molecular complexity index is 362. The lowest BCUT2D eigenvalue weighted by Gasteiger charge is -2.12. The fraction of sp³-hybridized carbons (Fsp3) is 0.667. The first kappa shape index (κ1) is 14.1. The van der Waals surface area contributed by atoms with Crippen LogP contribution < -0.4 is 10.6 Å². The predicted molar refractivity (Wildman–Crippen MR) is 71.1 cm³/mol. The number of carbonyl (C=O) groups excluding carboxylic acids is 1. The average Bonchev–Trinajstić information content (AvgIpc) is 2.70. The van der Waals surface area contributed by atoms with Crippen molar-refractivity contribution in [2.45, 2.75) is 33.7 Å². The first-order chi connectivity index (χ1) is 8.00. The molecule has 5 heteroatoms. The van der Waals surface area contributed by atoms with E-state index in [-0.39, 0.29) is 17.9 Å². The summed E-state index contributed by atoms with van der Waals surface area (Å²) in [5.74, 6) is 0.151. The van der Waals surface area contributed by atoms with E-state index in [9.17, 15) is 4.79 Å². The molecule has 0 aliphatic carbocycles. The van der Waals surface area contributed by atoms with E-state index < -0.39 is 0 Å². The molecule has 2 N–H and O–H groups in total. The van der Waals surface area contributed by atoms with Gasteiger partial charge in [-0.3, -0.25) is 4.79 Å². The Morgan fingerprint density at radius 1 is 1.41 bits per heavy atom. The number of carbonyl (C=O) groups is 1. The van der Waals surface area contributed by atoms with E-state index in [4.69, 9.17) is 0 Å². The Kier molecular flexibility index (Phi) is 5.58. The monoisotopic (exact) mass is 255 g/mol. The van der Waals surface area contributed by atoms with Gasteiger partial charge in [0.25, 0.3) is 0 Å². The number of hydrogen-bond donors (Lipinski definition) is 2. The highest BCUT2D eigenvalue weighted by Gasteiger charge is 2.08. The van der Waals surface area contributed by atoms with E-state index in [1.165, 1.54) is 0 Å². The normalized spacial score (nSPS) is 12.8. The quantitative estimate of drug-likeness (QED) is 0.763. The zero-order valence-electron chi connectivity index (χ0n) is 10.9. The third-order valence-electron chi connectivity index (χ3n) is 2.48. The first-order valence-electron chi connectivity index (χ1n) is 5.94. The van der Waals surface area contributed by atoms with E-state index in [2.05, 4.69) is 27.9 Å². The van der Waals surface area contributed by atoms with Crippen molar-refractivity contribution >= 4 is 17.2 Å². The third-order valence-corrected chi connectivity index (χ3v) is 3.27. The molecular formula is C12H21N3OS. The molecule has 96 valence electrons. The van der Waals surface area contributed by atoms with Crippen LogP contribution in [-0.2, 0) is 4.79 Å². The van der Waals surface area contributed by atoms with Crippen LogP contribution in [0.1, 0.15) is 37.5 Å². The number of aromatic nitrogens is 1. The zero-order chi connectivity index (χ0) is 12.8. The molecule has 4 nitrogen and oxygen atoms in total. The highest BCUT2D eigenvalue weighted by molar-refractivity contribution is 7.09. The molecule has 0 aromatic carbocycles. The van der Waals surface area contributed by atoms with Crippen LogP contribution in [0.15, 0.2) is 5.38 Å². The van der Waals surface area contributed by atoms with Crippen LogP contribution >= 0.6 is 11.3 Å². The second kappa shape index (κ2) is 6.71. The Morgan fingerprint density at radius 2 is 2.12 bits per heavy atom. The Morgan fingerprint density at radius 3 is 2.65 bits per heavy atom. The molecule has 1 unspecified atom stereocenters. The van der Waals surface area contributed by atoms with E-state index >= 15 is 0 Å². The van der Waals surface area contributed by atoms with Crippen molar-refractivity contribution < 1.29 is 4.79 Å². The standard InChI is InChI=1S/C12H21N3OS/c1-8(2)12(16)14-6-5-13-9(3)11-7-17-10(4)15-11/h7-9,13H,5-6H2,1-4H3,(H,14,16). The highest BCUT2D eigenvalue weighted by Crippen LogP contribution is 2.14. The molecule has 0 aliphatic heterocycles. The van der Waals surface area contributed by atoms with Crippen LogP contribution in [0.4, 0.5) is 0 Å². The minimum absolute atomic E-state index is 0.0496. The highest BCUT2D eigenvalue weighted by atomic mass is 32.1. The van der Waals surface area contributed by atoms with Gasteiger partial charge in [0.2, 0.25) is 5.91 Å². The van der Waals surface area contributed by atoms with E-state index in [0.29, 0.717) is 6.54 Å². The molecule has 1 atom stereocenters. The molecule has 0 saturated carbocycles. The maximum atomic E-state index is 11.3. The van der Waals surface area contributed by atoms with Crippen LogP contribution in [0.5, 0.6) is 0 Å². The zero-order valence-corrected chi connectivity index (χ0v) is 11.7. The van der Waals surface area contributed by atoms with Gasteiger partial charge in [0.05, 0.1) is 10.7 Å². The molecule has 0 aliphatic rings. The molecule has 0 bridgehead atoms. The summed E-state index contributed by atoms with van der Waals surface area (Å²) in [4.78, 5) is 15.7. The number of amides is 1. The summed E-state index contributed by atoms with van der Waals surface area (Å²) >= 11 is 1.66. The molecule has 0 fully saturated rings. The Labute approximate surface area is 107 Å². The third kappa shape index (κ3) is 4.83. The largest absolute Gasteiger partial charge is 0.355 e. The van der Waals surface area contributed by atoms with Crippen LogP contribution in [0.2, 0.25) is 0 Å². The van der Waals surface area contributed by atoms with Crippen molar-refractivity contribution in [1.29, 1.82) is 0 Å². The van der Waals surface area contributed by atoms with E-state index in [0.717, 1.165) is 17.2 Å². The minimum atomic E-state index is 0.0496. The van der Waals surface area contributed by atoms with Crippen molar-refractivity contribution in [3.63, 3.8) is 0 Å². The summed E-state index contributed by atoms with van der Waals surface area (Å²) in [5, 5.41) is 9.36. The van der Waals surface area contributed by atoms with Crippen LogP contribution in [0, 0.1) is 12.8 Å². The lowest BCUT2D eigenvalue weighted by Crippen LogP contribution is -2.35.